The molecule has 0 heterocycles. The predicted molar refractivity (Wildman–Crippen MR) is 53.2 cm³/mol. The molecule has 0 amide bonds. The van der Waals surface area contributed by atoms with Crippen molar-refractivity contribution < 1.29 is 19.8 Å². The van der Waals surface area contributed by atoms with Crippen molar-refractivity contribution in [3.05, 3.63) is 12.7 Å². The van der Waals surface area contributed by atoms with Crippen LogP contribution in [0.3, 0.4) is 0 Å². The summed E-state index contributed by atoms with van der Waals surface area (Å²) in [6, 6.07) is -0.380. The van der Waals surface area contributed by atoms with Crippen molar-refractivity contribution in [3.63, 3.8) is 0 Å². The Morgan fingerprint density at radius 2 is 1.86 bits per heavy atom. The molecule has 0 aliphatic rings. The minimum absolute atomic E-state index is 0.0556. The van der Waals surface area contributed by atoms with E-state index in [2.05, 4.69) is 6.58 Å². The molecule has 0 aromatic heterocycles. The summed E-state index contributed by atoms with van der Waals surface area (Å²) in [4.78, 5) is 21.3. The molecule has 0 saturated carbocycles. The molecule has 0 aromatic rings. The second kappa shape index (κ2) is 8.25. The Bertz CT molecular complexity index is 201. The fourth-order valence-electron chi connectivity index (χ4n) is 0.344. The number of carboxylic acids is 2. The maximum Gasteiger partial charge on any atom is 0.320 e. The molecule has 0 aromatic carbocycles. The van der Waals surface area contributed by atoms with E-state index in [-0.39, 0.29) is 12.5 Å². The standard InChI is InChI=1S/C5H11NO2.C4H6O2/c1-4(5(7)8)6(2)3;1-2-3-4(5)6/h4H,1-3H3,(H,7,8);2H,1,3H2,(H,5,6). The first kappa shape index (κ1) is 15.1. The summed E-state index contributed by atoms with van der Waals surface area (Å²) >= 11 is 0. The van der Waals surface area contributed by atoms with E-state index in [1.807, 2.05) is 0 Å². The summed E-state index contributed by atoms with van der Waals surface area (Å²) in [6.07, 6.45) is 1.41. The summed E-state index contributed by atoms with van der Waals surface area (Å²) in [7, 11) is 3.47. The molecule has 0 radical (unpaired) electrons. The molecule has 0 bridgehead atoms. The van der Waals surface area contributed by atoms with Gasteiger partial charge in [-0.15, -0.1) is 6.58 Å². The molecular formula is C9H17NO4. The van der Waals surface area contributed by atoms with Crippen LogP contribution < -0.4 is 0 Å². The summed E-state index contributed by atoms with van der Waals surface area (Å²) in [5, 5.41) is 16.2. The van der Waals surface area contributed by atoms with E-state index < -0.39 is 11.9 Å². The van der Waals surface area contributed by atoms with E-state index in [1.54, 1.807) is 25.9 Å². The van der Waals surface area contributed by atoms with E-state index in [4.69, 9.17) is 10.2 Å². The Morgan fingerprint density at radius 1 is 1.43 bits per heavy atom. The van der Waals surface area contributed by atoms with Gasteiger partial charge in [0.05, 0.1) is 6.42 Å². The van der Waals surface area contributed by atoms with Gasteiger partial charge in [-0.25, -0.2) is 0 Å². The highest BCUT2D eigenvalue weighted by molar-refractivity contribution is 5.72. The lowest BCUT2D eigenvalue weighted by atomic mass is 10.3. The Hall–Kier alpha value is -1.36. The zero-order valence-electron chi connectivity index (χ0n) is 8.73. The number of rotatable bonds is 4. The molecular weight excluding hydrogens is 186 g/mol. The topological polar surface area (TPSA) is 77.8 Å². The quantitative estimate of drug-likeness (QED) is 0.656. The van der Waals surface area contributed by atoms with Crippen LogP contribution in [0, 0.1) is 0 Å². The van der Waals surface area contributed by atoms with Crippen LogP contribution in [0.25, 0.3) is 0 Å². The molecule has 2 N–H and O–H groups in total. The van der Waals surface area contributed by atoms with Crippen LogP contribution in [0.4, 0.5) is 0 Å². The lowest BCUT2D eigenvalue weighted by Crippen LogP contribution is -2.32. The van der Waals surface area contributed by atoms with Gasteiger partial charge in [-0.1, -0.05) is 6.08 Å². The predicted octanol–water partition coefficient (Wildman–Crippen LogP) is 0.668. The van der Waals surface area contributed by atoms with Crippen LogP contribution in [-0.2, 0) is 9.59 Å². The molecule has 5 nitrogen and oxygen atoms in total. The van der Waals surface area contributed by atoms with Gasteiger partial charge in [-0.3, -0.25) is 14.5 Å². The van der Waals surface area contributed by atoms with Crippen molar-refractivity contribution >= 4 is 11.9 Å². The van der Waals surface area contributed by atoms with E-state index in [0.29, 0.717) is 0 Å². The second-order valence-corrected chi connectivity index (χ2v) is 2.86. The van der Waals surface area contributed by atoms with Crippen molar-refractivity contribution in [3.8, 4) is 0 Å². The number of hydrogen-bond donors (Lipinski definition) is 2. The fraction of sp³-hybridized carbons (Fsp3) is 0.556. The second-order valence-electron chi connectivity index (χ2n) is 2.86. The van der Waals surface area contributed by atoms with Gasteiger partial charge < -0.3 is 10.2 Å². The van der Waals surface area contributed by atoms with Crippen LogP contribution in [0.5, 0.6) is 0 Å². The summed E-state index contributed by atoms with van der Waals surface area (Å²) < 4.78 is 0. The zero-order chi connectivity index (χ0) is 11.7. The first-order valence-electron chi connectivity index (χ1n) is 4.04. The minimum atomic E-state index is -0.829. The molecule has 82 valence electrons. The van der Waals surface area contributed by atoms with Gasteiger partial charge in [0.25, 0.3) is 0 Å². The SMILES string of the molecule is C=CCC(=O)O.CC(C(=O)O)N(C)C. The van der Waals surface area contributed by atoms with E-state index >= 15 is 0 Å². The van der Waals surface area contributed by atoms with Crippen molar-refractivity contribution in [2.45, 2.75) is 19.4 Å². The van der Waals surface area contributed by atoms with Crippen LogP contribution >= 0.6 is 0 Å². The maximum absolute atomic E-state index is 10.1. The van der Waals surface area contributed by atoms with Crippen LogP contribution in [0.2, 0.25) is 0 Å². The Balaban J connectivity index is 0. The summed E-state index contributed by atoms with van der Waals surface area (Å²) in [5.74, 6) is -1.61. The minimum Gasteiger partial charge on any atom is -0.481 e. The normalized spacial score (nSPS) is 11.1. The molecule has 1 atom stereocenters. The molecule has 0 aliphatic carbocycles. The van der Waals surface area contributed by atoms with Gasteiger partial charge in [-0.05, 0) is 21.0 Å². The average Bonchev–Trinajstić information content (AvgIpc) is 2.03. The smallest absolute Gasteiger partial charge is 0.320 e. The third-order valence-corrected chi connectivity index (χ3v) is 1.45. The fourth-order valence-corrected chi connectivity index (χ4v) is 0.344. The van der Waals surface area contributed by atoms with Crippen LogP contribution in [0.15, 0.2) is 12.7 Å². The molecule has 0 saturated heterocycles. The first-order chi connectivity index (χ1) is 6.32. The van der Waals surface area contributed by atoms with E-state index in [9.17, 15) is 9.59 Å². The van der Waals surface area contributed by atoms with Gasteiger partial charge in [0.2, 0.25) is 0 Å². The highest BCUT2D eigenvalue weighted by Gasteiger charge is 2.11. The molecule has 0 fully saturated rings. The number of nitrogens with zero attached hydrogens (tertiary/aromatic N) is 1. The highest BCUT2D eigenvalue weighted by atomic mass is 16.4. The van der Waals surface area contributed by atoms with Crippen molar-refractivity contribution in [2.24, 2.45) is 0 Å². The first-order valence-corrected chi connectivity index (χ1v) is 4.04. The number of likely N-dealkylation sites (N-methyl/N-ethyl adjacent to an activating group) is 1. The van der Waals surface area contributed by atoms with Crippen molar-refractivity contribution in [1.82, 2.24) is 4.90 Å². The lowest BCUT2D eigenvalue weighted by Gasteiger charge is -2.13. The van der Waals surface area contributed by atoms with Crippen LogP contribution in [-0.4, -0.2) is 47.2 Å². The number of hydrogen-bond acceptors (Lipinski definition) is 3. The van der Waals surface area contributed by atoms with Gasteiger partial charge in [0.15, 0.2) is 0 Å². The Morgan fingerprint density at radius 3 is 1.86 bits per heavy atom. The van der Waals surface area contributed by atoms with Crippen molar-refractivity contribution in [2.75, 3.05) is 14.1 Å². The van der Waals surface area contributed by atoms with Gasteiger partial charge in [0.1, 0.15) is 6.04 Å². The van der Waals surface area contributed by atoms with Crippen LogP contribution in [0.1, 0.15) is 13.3 Å². The average molecular weight is 203 g/mol. The summed E-state index contributed by atoms with van der Waals surface area (Å²) in [5.41, 5.74) is 0. The summed E-state index contributed by atoms with van der Waals surface area (Å²) in [6.45, 7) is 4.86. The van der Waals surface area contributed by atoms with Crippen molar-refractivity contribution in [1.29, 1.82) is 0 Å². The molecule has 0 spiro atoms. The highest BCUT2D eigenvalue weighted by Crippen LogP contribution is 1.88. The van der Waals surface area contributed by atoms with Gasteiger partial charge in [0, 0.05) is 0 Å². The third kappa shape index (κ3) is 10.6. The Labute approximate surface area is 83.6 Å². The molecule has 1 unspecified atom stereocenters. The largest absolute Gasteiger partial charge is 0.481 e. The molecule has 5 heteroatoms. The third-order valence-electron chi connectivity index (χ3n) is 1.45. The number of aliphatic carboxylic acids is 2. The Kier molecular flexibility index (Phi) is 8.91. The monoisotopic (exact) mass is 203 g/mol. The zero-order valence-corrected chi connectivity index (χ0v) is 8.73. The molecule has 0 rings (SSSR count). The number of carboxylic acid groups (broad SMARTS) is 2. The van der Waals surface area contributed by atoms with Gasteiger partial charge in [-0.2, -0.15) is 0 Å². The van der Waals surface area contributed by atoms with E-state index in [1.165, 1.54) is 6.08 Å². The number of carbonyl (C=O) groups is 2. The van der Waals surface area contributed by atoms with E-state index in [0.717, 1.165) is 0 Å². The van der Waals surface area contributed by atoms with Gasteiger partial charge >= 0.3 is 11.9 Å². The maximum atomic E-state index is 10.1. The molecule has 14 heavy (non-hydrogen) atoms. The lowest BCUT2D eigenvalue weighted by molar-refractivity contribution is -0.141. The molecule has 0 aliphatic heterocycles.